The van der Waals surface area contributed by atoms with E-state index < -0.39 is 0 Å². The Morgan fingerprint density at radius 1 is 0.205 bits per heavy atom. The maximum atomic E-state index is 8.63. The van der Waals surface area contributed by atoms with Gasteiger partial charge in [0.15, 0.2) is 0 Å². The second-order valence-electron chi connectivity index (χ2n) is 19.8. The van der Waals surface area contributed by atoms with E-state index in [9.17, 15) is 0 Å². The number of benzene rings is 11. The Morgan fingerprint density at radius 3 is 0.443 bits per heavy atom. The molecule has 0 radical (unpaired) electrons. The first-order valence-electron chi connectivity index (χ1n) is 29.5. The Kier molecular flexibility index (Phi) is 44.9. The topological polar surface area (TPSA) is 121 Å². The number of phenolic OH excluding ortho intramolecular Hbond substituents is 6. The second kappa shape index (κ2) is 50.5. The quantitative estimate of drug-likeness (QED) is 0.0946. The summed E-state index contributed by atoms with van der Waals surface area (Å²) in [5.74, 6) is 3.25. The molecule has 6 nitrogen and oxygen atoms in total. The summed E-state index contributed by atoms with van der Waals surface area (Å²) in [6, 6.07) is 99.8. The summed E-state index contributed by atoms with van der Waals surface area (Å²) < 4.78 is 0. The van der Waals surface area contributed by atoms with Crippen molar-refractivity contribution in [3.63, 3.8) is 0 Å². The average Bonchev–Trinajstić information content (AvgIpc) is 3.68. The summed E-state index contributed by atoms with van der Waals surface area (Å²) in [6.07, 6.45) is 4.50. The van der Waals surface area contributed by atoms with Gasteiger partial charge in [0, 0.05) is 0 Å². The van der Waals surface area contributed by atoms with Gasteiger partial charge in [-0.05, 0) is 155 Å². The van der Waals surface area contributed by atoms with Crippen molar-refractivity contribution in [3.8, 4) is 45.6 Å². The van der Waals surface area contributed by atoms with E-state index in [1.165, 1.54) is 44.5 Å². The highest BCUT2D eigenvalue weighted by Gasteiger charge is 1.98. The maximum Gasteiger partial charge on any atom is 0.115 e. The SMILES string of the molecule is C.C.CC(C)c1ccccc1.CC(C)c1ccccc1.CCc1ccc(-c2ccc(CC)cc2)cc1.CCc1ccc(CC)cc1.Oc1ccccc1.Oc1ccccc1.Oc1ccccc1.Oc1ccccc1.Oc1ccccc1.Oc1ccccc1. The summed E-state index contributed by atoms with van der Waals surface area (Å²) in [4.78, 5) is 0. The van der Waals surface area contributed by atoms with Crippen LogP contribution in [0.2, 0.25) is 0 Å². The summed E-state index contributed by atoms with van der Waals surface area (Å²) in [5.41, 5.74) is 11.1. The van der Waals surface area contributed by atoms with Gasteiger partial charge in [-0.3, -0.25) is 0 Å². The monoisotopic (exact) mass is 1180 g/mol. The van der Waals surface area contributed by atoms with Gasteiger partial charge in [-0.25, -0.2) is 0 Å². The van der Waals surface area contributed by atoms with Gasteiger partial charge in [0.1, 0.15) is 34.5 Å². The predicted octanol–water partition coefficient (Wildman–Crippen LogP) is 22.5. The highest BCUT2D eigenvalue weighted by Crippen LogP contribution is 2.21. The molecule has 0 fully saturated rings. The van der Waals surface area contributed by atoms with Gasteiger partial charge in [-0.2, -0.15) is 0 Å². The second-order valence-corrected chi connectivity index (χ2v) is 19.8. The lowest BCUT2D eigenvalue weighted by atomic mass is 10.0. The molecule has 6 N–H and O–H groups in total. The molecule has 0 aliphatic carbocycles. The van der Waals surface area contributed by atoms with Crippen molar-refractivity contribution in [1.29, 1.82) is 0 Å². The highest BCUT2D eigenvalue weighted by atomic mass is 16.3. The Bertz CT molecular complexity index is 2820. The van der Waals surface area contributed by atoms with Crippen LogP contribution in [-0.2, 0) is 25.7 Å². The molecule has 0 amide bonds. The number of rotatable bonds is 7. The molecule has 0 unspecified atom stereocenters. The van der Waals surface area contributed by atoms with Gasteiger partial charge in [0.25, 0.3) is 0 Å². The molecule has 11 rings (SSSR count). The fourth-order valence-electron chi connectivity index (χ4n) is 7.12. The first kappa shape index (κ1) is 78.2. The molecule has 0 atom stereocenters. The van der Waals surface area contributed by atoms with Crippen LogP contribution in [0.15, 0.2) is 315 Å². The molecule has 0 aromatic heterocycles. The molecule has 0 saturated carbocycles. The smallest absolute Gasteiger partial charge is 0.115 e. The van der Waals surface area contributed by atoms with Gasteiger partial charge in [0.2, 0.25) is 0 Å². The zero-order valence-electron chi connectivity index (χ0n) is 51.7. The predicted molar refractivity (Wildman–Crippen MR) is 379 cm³/mol. The number of aromatic hydroxyl groups is 6. The van der Waals surface area contributed by atoms with Crippen LogP contribution >= 0.6 is 0 Å². The average molecular weight is 1180 g/mol. The molecule has 0 spiro atoms. The van der Waals surface area contributed by atoms with Gasteiger partial charge in [-0.1, -0.05) is 313 Å². The van der Waals surface area contributed by atoms with Crippen molar-refractivity contribution < 1.29 is 30.6 Å². The lowest BCUT2D eigenvalue weighted by Gasteiger charge is -2.04. The Morgan fingerprint density at radius 2 is 0.341 bits per heavy atom. The van der Waals surface area contributed by atoms with E-state index in [1.54, 1.807) is 146 Å². The molecule has 0 aliphatic heterocycles. The standard InChI is InChI=1S/C16H18.C10H14.2C9H12.6C6H6O.2CH4/c1-3-13-5-9-15(10-6-13)16-11-7-14(4-2)8-12-16;1-3-9-5-7-10(4-2)8-6-9;2*1-8(2)9-6-4-3-5-7-9;6*7-6-4-2-1-3-5-6;;/h5-12H,3-4H2,1-2H3;5-8H,3-4H2,1-2H3;2*3-8H,1-2H3;6*1-5,7H;2*1H4. The molecule has 0 saturated heterocycles. The van der Waals surface area contributed by atoms with Crippen LogP contribution in [0.3, 0.4) is 0 Å². The minimum atomic E-state index is 0. The van der Waals surface area contributed by atoms with Crippen molar-refractivity contribution in [2.45, 2.75) is 108 Å². The number of phenols is 6. The molecular formula is C82H100O6. The number of hydrogen-bond acceptors (Lipinski definition) is 6. The molecular weight excluding hydrogens is 1080 g/mol. The van der Waals surface area contributed by atoms with Crippen LogP contribution in [0.5, 0.6) is 34.5 Å². The van der Waals surface area contributed by atoms with E-state index in [-0.39, 0.29) is 14.9 Å². The molecule has 0 aliphatic rings. The zero-order chi connectivity index (χ0) is 62.8. The van der Waals surface area contributed by atoms with Gasteiger partial charge < -0.3 is 30.6 Å². The number of aryl methyl sites for hydroxylation is 4. The molecule has 6 heteroatoms. The van der Waals surface area contributed by atoms with Crippen LogP contribution in [0.4, 0.5) is 0 Å². The number of para-hydroxylation sites is 6. The summed E-state index contributed by atoms with van der Waals surface area (Å²) >= 11 is 0. The fraction of sp³-hybridized carbons (Fsp3) is 0.195. The normalized spacial score (nSPS) is 9.16. The minimum Gasteiger partial charge on any atom is -0.508 e. The molecule has 88 heavy (non-hydrogen) atoms. The molecule has 0 heterocycles. The van der Waals surface area contributed by atoms with Crippen molar-refractivity contribution in [3.05, 3.63) is 349 Å². The number of hydrogen-bond donors (Lipinski definition) is 6. The van der Waals surface area contributed by atoms with Crippen LogP contribution in [0, 0.1) is 0 Å². The first-order valence-corrected chi connectivity index (χ1v) is 29.5. The molecule has 11 aromatic carbocycles. The first-order chi connectivity index (χ1) is 41.7. The van der Waals surface area contributed by atoms with Crippen molar-refractivity contribution in [2.75, 3.05) is 0 Å². The fourth-order valence-corrected chi connectivity index (χ4v) is 7.12. The lowest BCUT2D eigenvalue weighted by Crippen LogP contribution is -1.83. The van der Waals surface area contributed by atoms with Crippen LogP contribution in [-0.4, -0.2) is 30.6 Å². The van der Waals surface area contributed by atoms with Crippen LogP contribution < -0.4 is 0 Å². The third-order valence-electron chi connectivity index (χ3n) is 12.4. The van der Waals surface area contributed by atoms with E-state index in [1.807, 2.05) is 48.5 Å². The van der Waals surface area contributed by atoms with Crippen LogP contribution in [0.1, 0.15) is 115 Å². The highest BCUT2D eigenvalue weighted by molar-refractivity contribution is 5.64. The summed E-state index contributed by atoms with van der Waals surface area (Å²) in [6.45, 7) is 17.5. The zero-order valence-corrected chi connectivity index (χ0v) is 51.7. The van der Waals surface area contributed by atoms with Crippen molar-refractivity contribution in [2.24, 2.45) is 0 Å². The Balaban J connectivity index is 0.000000966. The van der Waals surface area contributed by atoms with Crippen molar-refractivity contribution in [1.82, 2.24) is 0 Å². The molecule has 464 valence electrons. The summed E-state index contributed by atoms with van der Waals surface area (Å²) in [7, 11) is 0. The van der Waals surface area contributed by atoms with E-state index >= 15 is 0 Å². The van der Waals surface area contributed by atoms with Gasteiger partial charge >= 0.3 is 0 Å². The third-order valence-corrected chi connectivity index (χ3v) is 12.4. The van der Waals surface area contributed by atoms with E-state index in [0.717, 1.165) is 25.7 Å². The van der Waals surface area contributed by atoms with Crippen molar-refractivity contribution >= 4 is 0 Å². The van der Waals surface area contributed by atoms with Crippen LogP contribution in [0.25, 0.3) is 11.1 Å². The minimum absolute atomic E-state index is 0. The molecule has 0 bridgehead atoms. The third kappa shape index (κ3) is 39.7. The van der Waals surface area contributed by atoms with E-state index in [0.29, 0.717) is 46.3 Å². The lowest BCUT2D eigenvalue weighted by molar-refractivity contribution is 0.475. The summed E-state index contributed by atoms with van der Waals surface area (Å²) in [5, 5.41) is 51.8. The maximum absolute atomic E-state index is 8.63. The molecule has 11 aromatic rings. The largest absolute Gasteiger partial charge is 0.508 e. The van der Waals surface area contributed by atoms with Gasteiger partial charge in [0.05, 0.1) is 0 Å². The van der Waals surface area contributed by atoms with E-state index in [4.69, 9.17) is 30.6 Å². The Labute approximate surface area is 530 Å². The van der Waals surface area contributed by atoms with E-state index in [2.05, 4.69) is 177 Å². The van der Waals surface area contributed by atoms with Gasteiger partial charge in [-0.15, -0.1) is 0 Å². The Hall–Kier alpha value is -9.78.